The van der Waals surface area contributed by atoms with Crippen molar-refractivity contribution in [2.24, 2.45) is 0 Å². The van der Waals surface area contributed by atoms with Gasteiger partial charge in [-0.3, -0.25) is 4.79 Å². The van der Waals surface area contributed by atoms with Crippen LogP contribution in [0.5, 0.6) is 0 Å². The first-order valence-corrected chi connectivity index (χ1v) is 10.1. The van der Waals surface area contributed by atoms with Crippen molar-refractivity contribution in [1.29, 1.82) is 0 Å². The second-order valence-corrected chi connectivity index (χ2v) is 7.98. The third kappa shape index (κ3) is 3.02. The van der Waals surface area contributed by atoms with Crippen LogP contribution in [0.1, 0.15) is 42.5 Å². The molecule has 2 fully saturated rings. The van der Waals surface area contributed by atoms with E-state index in [9.17, 15) is 18.7 Å². The van der Waals surface area contributed by atoms with Crippen LogP contribution in [-0.2, 0) is 4.79 Å². The highest BCUT2D eigenvalue weighted by Gasteiger charge is 2.35. The molecule has 0 spiro atoms. The minimum absolute atomic E-state index is 0.252. The van der Waals surface area contributed by atoms with E-state index in [0.717, 1.165) is 48.6 Å². The number of carbonyl (C=O) groups excluding carboxylic acids is 1. The van der Waals surface area contributed by atoms with Crippen molar-refractivity contribution >= 4 is 17.6 Å². The lowest BCUT2D eigenvalue weighted by Crippen LogP contribution is -2.26. The Balaban J connectivity index is 1.55. The SMILES string of the molecule is O=CN1CC[C@H](O)C1c1cnn2ccc(N3CCC[C@H]3c3cc(F)ccc3F)cc12. The number of aromatic nitrogens is 2. The summed E-state index contributed by atoms with van der Waals surface area (Å²) in [5.74, 6) is -0.855. The molecule has 0 bridgehead atoms. The number of halogens is 2. The number of nitrogens with zero attached hydrogens (tertiary/aromatic N) is 4. The number of likely N-dealkylation sites (tertiary alicyclic amines) is 1. The summed E-state index contributed by atoms with van der Waals surface area (Å²) in [6.07, 6.45) is 5.74. The topological polar surface area (TPSA) is 61.1 Å². The van der Waals surface area contributed by atoms with Crippen LogP contribution >= 0.6 is 0 Å². The normalized spacial score (nSPS) is 24.2. The Kier molecular flexibility index (Phi) is 4.66. The van der Waals surface area contributed by atoms with Gasteiger partial charge in [-0.25, -0.2) is 13.3 Å². The van der Waals surface area contributed by atoms with Crippen LogP contribution in [0.4, 0.5) is 14.5 Å². The van der Waals surface area contributed by atoms with Gasteiger partial charge < -0.3 is 14.9 Å². The molecule has 3 atom stereocenters. The minimum Gasteiger partial charge on any atom is -0.391 e. The molecule has 8 heteroatoms. The number of benzene rings is 1. The summed E-state index contributed by atoms with van der Waals surface area (Å²) < 4.78 is 29.9. The summed E-state index contributed by atoms with van der Waals surface area (Å²) in [5.41, 5.74) is 2.80. The van der Waals surface area contributed by atoms with Gasteiger partial charge in [-0.15, -0.1) is 0 Å². The molecule has 0 radical (unpaired) electrons. The molecule has 2 saturated heterocycles. The van der Waals surface area contributed by atoms with Gasteiger partial charge in [0.2, 0.25) is 6.41 Å². The fraction of sp³-hybridized carbons (Fsp3) is 0.364. The van der Waals surface area contributed by atoms with Crippen LogP contribution in [0, 0.1) is 11.6 Å². The number of rotatable bonds is 4. The van der Waals surface area contributed by atoms with Crippen LogP contribution in [-0.4, -0.2) is 45.2 Å². The van der Waals surface area contributed by atoms with E-state index in [0.29, 0.717) is 18.5 Å². The number of carbonyl (C=O) groups is 1. The summed E-state index contributed by atoms with van der Waals surface area (Å²) >= 11 is 0. The smallest absolute Gasteiger partial charge is 0.210 e. The van der Waals surface area contributed by atoms with E-state index in [1.165, 1.54) is 12.1 Å². The number of pyridine rings is 1. The van der Waals surface area contributed by atoms with Gasteiger partial charge in [-0.05, 0) is 49.6 Å². The van der Waals surface area contributed by atoms with Crippen LogP contribution in [0.3, 0.4) is 0 Å². The first kappa shape index (κ1) is 19.0. The zero-order valence-corrected chi connectivity index (χ0v) is 16.3. The van der Waals surface area contributed by atoms with Crippen molar-refractivity contribution in [3.63, 3.8) is 0 Å². The number of aliphatic hydroxyl groups is 1. The van der Waals surface area contributed by atoms with Crippen molar-refractivity contribution in [2.75, 3.05) is 18.0 Å². The summed E-state index contributed by atoms with van der Waals surface area (Å²) in [4.78, 5) is 15.1. The zero-order valence-electron chi connectivity index (χ0n) is 16.3. The highest BCUT2D eigenvalue weighted by Crippen LogP contribution is 2.39. The molecule has 30 heavy (non-hydrogen) atoms. The Bertz CT molecular complexity index is 1100. The van der Waals surface area contributed by atoms with Crippen molar-refractivity contribution in [2.45, 2.75) is 37.5 Å². The van der Waals surface area contributed by atoms with Crippen molar-refractivity contribution < 1.29 is 18.7 Å². The molecular weight excluding hydrogens is 390 g/mol. The average Bonchev–Trinajstić information content (AvgIpc) is 3.47. The maximum atomic E-state index is 14.4. The fourth-order valence-electron chi connectivity index (χ4n) is 4.87. The summed E-state index contributed by atoms with van der Waals surface area (Å²) in [6.45, 7) is 1.23. The average molecular weight is 412 g/mol. The molecule has 2 aromatic heterocycles. The Morgan fingerprint density at radius 3 is 2.80 bits per heavy atom. The fourth-order valence-corrected chi connectivity index (χ4v) is 4.87. The van der Waals surface area contributed by atoms with E-state index < -0.39 is 23.8 Å². The van der Waals surface area contributed by atoms with Crippen molar-refractivity contribution in [3.05, 3.63) is 65.5 Å². The zero-order chi connectivity index (χ0) is 20.8. The second-order valence-electron chi connectivity index (χ2n) is 7.98. The van der Waals surface area contributed by atoms with Crippen LogP contribution in [0.15, 0.2) is 42.7 Å². The molecule has 1 amide bonds. The number of aliphatic hydroxyl groups excluding tert-OH is 1. The van der Waals surface area contributed by atoms with E-state index in [1.807, 2.05) is 18.3 Å². The van der Waals surface area contributed by atoms with Crippen LogP contribution in [0.2, 0.25) is 0 Å². The monoisotopic (exact) mass is 412 g/mol. The molecule has 1 unspecified atom stereocenters. The Labute approximate surface area is 172 Å². The predicted octanol–water partition coefficient (Wildman–Crippen LogP) is 3.22. The Hall–Kier alpha value is -3.00. The molecule has 2 aliphatic rings. The van der Waals surface area contributed by atoms with Gasteiger partial charge in [0, 0.05) is 36.1 Å². The number of anilines is 1. The van der Waals surface area contributed by atoms with E-state index in [1.54, 1.807) is 15.6 Å². The molecule has 156 valence electrons. The highest BCUT2D eigenvalue weighted by atomic mass is 19.1. The largest absolute Gasteiger partial charge is 0.391 e. The van der Waals surface area contributed by atoms with Gasteiger partial charge in [0.15, 0.2) is 0 Å². The van der Waals surface area contributed by atoms with E-state index in [4.69, 9.17) is 0 Å². The summed E-state index contributed by atoms with van der Waals surface area (Å²) in [6, 6.07) is 6.75. The standard InChI is InChI=1S/C22H22F2N4O2/c23-14-3-4-18(24)16(10-14)19-2-1-7-27(19)15-5-9-28-20(11-15)17(12-25-28)22-21(30)6-8-26(22)13-29/h3-5,9-13,19,21-22,30H,1-2,6-8H2/t19-,21-,22?/m0/s1. The Morgan fingerprint density at radius 1 is 1.10 bits per heavy atom. The summed E-state index contributed by atoms with van der Waals surface area (Å²) in [5, 5.41) is 14.8. The van der Waals surface area contributed by atoms with Gasteiger partial charge in [0.25, 0.3) is 0 Å². The van der Waals surface area contributed by atoms with Gasteiger partial charge >= 0.3 is 0 Å². The van der Waals surface area contributed by atoms with E-state index >= 15 is 0 Å². The first-order valence-electron chi connectivity index (χ1n) is 10.1. The molecule has 0 saturated carbocycles. The number of amides is 1. The number of fused-ring (bicyclic) bond motifs is 1. The lowest BCUT2D eigenvalue weighted by atomic mass is 10.0. The van der Waals surface area contributed by atoms with E-state index in [2.05, 4.69) is 10.00 Å². The second kappa shape index (κ2) is 7.36. The van der Waals surface area contributed by atoms with Gasteiger partial charge in [0.05, 0.1) is 29.9 Å². The highest BCUT2D eigenvalue weighted by molar-refractivity contribution is 5.66. The maximum Gasteiger partial charge on any atom is 0.210 e. The molecular formula is C22H22F2N4O2. The quantitative estimate of drug-likeness (QED) is 0.669. The third-order valence-corrected chi connectivity index (χ3v) is 6.30. The molecule has 1 N–H and O–H groups in total. The van der Waals surface area contributed by atoms with E-state index in [-0.39, 0.29) is 6.04 Å². The van der Waals surface area contributed by atoms with Crippen LogP contribution in [0.25, 0.3) is 5.52 Å². The molecule has 1 aromatic carbocycles. The molecule has 0 aliphatic carbocycles. The molecule has 4 heterocycles. The molecule has 6 nitrogen and oxygen atoms in total. The summed E-state index contributed by atoms with van der Waals surface area (Å²) in [7, 11) is 0. The van der Waals surface area contributed by atoms with Crippen molar-refractivity contribution in [1.82, 2.24) is 14.5 Å². The minimum atomic E-state index is -0.646. The van der Waals surface area contributed by atoms with Gasteiger partial charge in [0.1, 0.15) is 11.6 Å². The van der Waals surface area contributed by atoms with Gasteiger partial charge in [-0.1, -0.05) is 0 Å². The number of hydrogen-bond donors (Lipinski definition) is 1. The lowest BCUT2D eigenvalue weighted by Gasteiger charge is -2.28. The molecule has 3 aromatic rings. The predicted molar refractivity (Wildman–Crippen MR) is 107 cm³/mol. The third-order valence-electron chi connectivity index (χ3n) is 6.30. The van der Waals surface area contributed by atoms with Crippen LogP contribution < -0.4 is 4.90 Å². The van der Waals surface area contributed by atoms with Gasteiger partial charge in [-0.2, -0.15) is 5.10 Å². The lowest BCUT2D eigenvalue weighted by molar-refractivity contribution is -0.119. The Morgan fingerprint density at radius 2 is 1.97 bits per heavy atom. The maximum absolute atomic E-state index is 14.4. The molecule has 2 aliphatic heterocycles. The first-order chi connectivity index (χ1) is 14.6. The van der Waals surface area contributed by atoms with Crippen molar-refractivity contribution in [3.8, 4) is 0 Å². The number of hydrogen-bond acceptors (Lipinski definition) is 4. The molecule has 5 rings (SSSR count).